The van der Waals surface area contributed by atoms with Crippen LogP contribution in [0.3, 0.4) is 0 Å². The highest BCUT2D eigenvalue weighted by atomic mass is 16.5. The summed E-state index contributed by atoms with van der Waals surface area (Å²) in [6.45, 7) is 3.53. The molecule has 2 amide bonds. The predicted octanol–water partition coefficient (Wildman–Crippen LogP) is 1.82. The standard InChI is InChI=1S/C17H27N3O3/c1-14(21)20(12-7-11-19(2)3)13-10-17(22)18-15-8-5-6-9-16(15)23-4/h5-6,8-9H,7,10-13H2,1-4H3,(H,18,22). The van der Waals surface area contributed by atoms with Gasteiger partial charge in [0.2, 0.25) is 11.8 Å². The number of rotatable bonds is 9. The molecule has 23 heavy (non-hydrogen) atoms. The summed E-state index contributed by atoms with van der Waals surface area (Å²) in [5, 5.41) is 2.82. The summed E-state index contributed by atoms with van der Waals surface area (Å²) in [4.78, 5) is 27.5. The average Bonchev–Trinajstić information content (AvgIpc) is 2.50. The van der Waals surface area contributed by atoms with Gasteiger partial charge in [0.15, 0.2) is 0 Å². The summed E-state index contributed by atoms with van der Waals surface area (Å²) in [5.74, 6) is 0.484. The maximum absolute atomic E-state index is 12.1. The third kappa shape index (κ3) is 7.15. The van der Waals surface area contributed by atoms with Crippen LogP contribution in [-0.2, 0) is 9.59 Å². The second kappa shape index (κ2) is 9.84. The fraction of sp³-hybridized carbons (Fsp3) is 0.529. The summed E-state index contributed by atoms with van der Waals surface area (Å²) in [6, 6.07) is 7.26. The lowest BCUT2D eigenvalue weighted by Crippen LogP contribution is -2.34. The van der Waals surface area contributed by atoms with Crippen LogP contribution in [0.25, 0.3) is 0 Å². The molecule has 0 aliphatic heterocycles. The van der Waals surface area contributed by atoms with Crippen LogP contribution in [0.1, 0.15) is 19.8 Å². The number of hydrogen-bond acceptors (Lipinski definition) is 4. The largest absolute Gasteiger partial charge is 0.495 e. The van der Waals surface area contributed by atoms with E-state index in [2.05, 4.69) is 10.2 Å². The number of ether oxygens (including phenoxy) is 1. The van der Waals surface area contributed by atoms with E-state index >= 15 is 0 Å². The van der Waals surface area contributed by atoms with Gasteiger partial charge in [-0.05, 0) is 39.2 Å². The third-order valence-electron chi connectivity index (χ3n) is 3.47. The van der Waals surface area contributed by atoms with Crippen LogP contribution in [0.4, 0.5) is 5.69 Å². The lowest BCUT2D eigenvalue weighted by molar-refractivity contribution is -0.129. The Hall–Kier alpha value is -2.08. The van der Waals surface area contributed by atoms with Crippen LogP contribution in [0.5, 0.6) is 5.75 Å². The van der Waals surface area contributed by atoms with E-state index in [-0.39, 0.29) is 18.2 Å². The second-order valence-corrected chi connectivity index (χ2v) is 5.66. The number of amides is 2. The molecule has 0 fully saturated rings. The van der Waals surface area contributed by atoms with Crippen molar-refractivity contribution in [3.05, 3.63) is 24.3 Å². The molecule has 0 aromatic heterocycles. The first-order chi connectivity index (χ1) is 10.9. The molecule has 6 nitrogen and oxygen atoms in total. The smallest absolute Gasteiger partial charge is 0.226 e. The van der Waals surface area contributed by atoms with Crippen LogP contribution in [0.15, 0.2) is 24.3 Å². The minimum Gasteiger partial charge on any atom is -0.495 e. The van der Waals surface area contributed by atoms with Crippen LogP contribution in [0, 0.1) is 0 Å². The van der Waals surface area contributed by atoms with Crippen molar-refractivity contribution in [3.63, 3.8) is 0 Å². The highest BCUT2D eigenvalue weighted by Gasteiger charge is 2.12. The Kier molecular flexibility index (Phi) is 8.11. The van der Waals surface area contributed by atoms with E-state index in [9.17, 15) is 9.59 Å². The first-order valence-electron chi connectivity index (χ1n) is 7.77. The summed E-state index contributed by atoms with van der Waals surface area (Å²) in [7, 11) is 5.56. The first kappa shape index (κ1) is 19.0. The maximum Gasteiger partial charge on any atom is 0.226 e. The zero-order chi connectivity index (χ0) is 17.2. The average molecular weight is 321 g/mol. The molecule has 0 heterocycles. The molecular formula is C17H27N3O3. The molecule has 1 N–H and O–H groups in total. The molecule has 0 atom stereocenters. The van der Waals surface area contributed by atoms with E-state index in [1.165, 1.54) is 6.92 Å². The topological polar surface area (TPSA) is 61.9 Å². The molecule has 1 aromatic rings. The van der Waals surface area contributed by atoms with Gasteiger partial charge in [0, 0.05) is 26.4 Å². The highest BCUT2D eigenvalue weighted by molar-refractivity contribution is 5.92. The molecule has 0 unspecified atom stereocenters. The molecule has 0 radical (unpaired) electrons. The van der Waals surface area contributed by atoms with Gasteiger partial charge in [-0.1, -0.05) is 12.1 Å². The number of methoxy groups -OCH3 is 1. The number of benzene rings is 1. The number of carbonyl (C=O) groups excluding carboxylic acids is 2. The molecule has 0 saturated heterocycles. The third-order valence-corrected chi connectivity index (χ3v) is 3.47. The lowest BCUT2D eigenvalue weighted by Gasteiger charge is -2.22. The highest BCUT2D eigenvalue weighted by Crippen LogP contribution is 2.23. The van der Waals surface area contributed by atoms with Crippen LogP contribution < -0.4 is 10.1 Å². The quantitative estimate of drug-likeness (QED) is 0.754. The Labute approximate surface area is 138 Å². The zero-order valence-electron chi connectivity index (χ0n) is 14.5. The normalized spacial score (nSPS) is 10.5. The predicted molar refractivity (Wildman–Crippen MR) is 91.7 cm³/mol. The van der Waals surface area contributed by atoms with Crippen molar-refractivity contribution < 1.29 is 14.3 Å². The number of nitrogens with zero attached hydrogens (tertiary/aromatic N) is 2. The maximum atomic E-state index is 12.1. The van der Waals surface area contributed by atoms with Crippen molar-refractivity contribution in [2.75, 3.05) is 46.2 Å². The Morgan fingerprint density at radius 2 is 1.83 bits per heavy atom. The van der Waals surface area contributed by atoms with E-state index in [4.69, 9.17) is 4.74 Å². The molecule has 0 aliphatic carbocycles. The minimum atomic E-state index is -0.131. The van der Waals surface area contributed by atoms with Crippen molar-refractivity contribution in [2.45, 2.75) is 19.8 Å². The van der Waals surface area contributed by atoms with Gasteiger partial charge in [-0.3, -0.25) is 9.59 Å². The molecule has 0 bridgehead atoms. The van der Waals surface area contributed by atoms with Gasteiger partial charge in [0.05, 0.1) is 12.8 Å². The summed E-state index contributed by atoms with van der Waals surface area (Å²) in [5.41, 5.74) is 0.641. The molecule has 1 rings (SSSR count). The summed E-state index contributed by atoms with van der Waals surface area (Å²) >= 11 is 0. The monoisotopic (exact) mass is 321 g/mol. The second-order valence-electron chi connectivity index (χ2n) is 5.66. The first-order valence-corrected chi connectivity index (χ1v) is 7.77. The number of hydrogen-bond donors (Lipinski definition) is 1. The van der Waals surface area contributed by atoms with E-state index in [0.29, 0.717) is 24.5 Å². The SMILES string of the molecule is COc1ccccc1NC(=O)CCN(CCCN(C)C)C(C)=O. The molecule has 0 aliphatic rings. The van der Waals surface area contributed by atoms with Gasteiger partial charge >= 0.3 is 0 Å². The van der Waals surface area contributed by atoms with E-state index in [0.717, 1.165) is 13.0 Å². The van der Waals surface area contributed by atoms with Gasteiger partial charge in [0.1, 0.15) is 5.75 Å². The zero-order valence-corrected chi connectivity index (χ0v) is 14.5. The summed E-state index contributed by atoms with van der Waals surface area (Å²) in [6.07, 6.45) is 1.15. The van der Waals surface area contributed by atoms with Gasteiger partial charge in [-0.2, -0.15) is 0 Å². The van der Waals surface area contributed by atoms with Crippen molar-refractivity contribution in [2.24, 2.45) is 0 Å². The Morgan fingerprint density at radius 3 is 2.43 bits per heavy atom. The molecule has 128 valence electrons. The van der Waals surface area contributed by atoms with Crippen molar-refractivity contribution in [1.82, 2.24) is 9.80 Å². The van der Waals surface area contributed by atoms with E-state index in [1.807, 2.05) is 26.2 Å². The van der Waals surface area contributed by atoms with E-state index < -0.39 is 0 Å². The number of carbonyl (C=O) groups is 2. The summed E-state index contributed by atoms with van der Waals surface area (Å²) < 4.78 is 5.20. The Morgan fingerprint density at radius 1 is 1.13 bits per heavy atom. The molecule has 6 heteroatoms. The van der Waals surface area contributed by atoms with Crippen molar-refractivity contribution >= 4 is 17.5 Å². The molecule has 1 aromatic carbocycles. The van der Waals surface area contributed by atoms with Crippen LogP contribution in [-0.4, -0.2) is 62.5 Å². The Bertz CT molecular complexity index is 518. The molecule has 0 saturated carbocycles. The minimum absolute atomic E-state index is 0.00570. The fourth-order valence-corrected chi connectivity index (χ4v) is 2.20. The van der Waals surface area contributed by atoms with Gasteiger partial charge < -0.3 is 19.9 Å². The van der Waals surface area contributed by atoms with Crippen LogP contribution in [0.2, 0.25) is 0 Å². The van der Waals surface area contributed by atoms with Crippen molar-refractivity contribution in [1.29, 1.82) is 0 Å². The van der Waals surface area contributed by atoms with Crippen LogP contribution >= 0.6 is 0 Å². The van der Waals surface area contributed by atoms with Crippen molar-refractivity contribution in [3.8, 4) is 5.75 Å². The number of anilines is 1. The van der Waals surface area contributed by atoms with E-state index in [1.54, 1.807) is 24.1 Å². The van der Waals surface area contributed by atoms with Gasteiger partial charge in [-0.25, -0.2) is 0 Å². The Balaban J connectivity index is 2.47. The van der Waals surface area contributed by atoms with Gasteiger partial charge in [0.25, 0.3) is 0 Å². The lowest BCUT2D eigenvalue weighted by atomic mass is 10.2. The fourth-order valence-electron chi connectivity index (χ4n) is 2.20. The number of para-hydroxylation sites is 2. The molecular weight excluding hydrogens is 294 g/mol. The van der Waals surface area contributed by atoms with Gasteiger partial charge in [-0.15, -0.1) is 0 Å². The molecule has 0 spiro atoms. The number of nitrogens with one attached hydrogen (secondary N) is 1.